The number of allylic oxidation sites excluding steroid dienone is 1. The summed E-state index contributed by atoms with van der Waals surface area (Å²) >= 11 is 0. The fourth-order valence-electron chi connectivity index (χ4n) is 1.34. The molecule has 0 saturated carbocycles. The molecule has 0 spiro atoms. The second-order valence-corrected chi connectivity index (χ2v) is 3.44. The highest BCUT2D eigenvalue weighted by Crippen LogP contribution is 2.10. The van der Waals surface area contributed by atoms with Crippen LogP contribution in [0.5, 0.6) is 0 Å². The zero-order valence-electron chi connectivity index (χ0n) is 9.97. The van der Waals surface area contributed by atoms with Crippen LogP contribution in [0.3, 0.4) is 0 Å². The summed E-state index contributed by atoms with van der Waals surface area (Å²) < 4.78 is 0. The molecule has 2 amide bonds. The van der Waals surface area contributed by atoms with E-state index < -0.39 is 0 Å². The molecule has 0 aliphatic rings. The quantitative estimate of drug-likeness (QED) is 0.582. The molecule has 0 saturated heterocycles. The Labute approximate surface area is 105 Å². The van der Waals surface area contributed by atoms with E-state index >= 15 is 0 Å². The third-order valence-electron chi connectivity index (χ3n) is 2.25. The van der Waals surface area contributed by atoms with Crippen LogP contribution >= 0.6 is 0 Å². The third kappa shape index (κ3) is 3.86. The monoisotopic (exact) mass is 246 g/mol. The van der Waals surface area contributed by atoms with Gasteiger partial charge in [0.15, 0.2) is 0 Å². The van der Waals surface area contributed by atoms with Crippen LogP contribution in [-0.2, 0) is 9.59 Å². The van der Waals surface area contributed by atoms with Gasteiger partial charge in [0.1, 0.15) is 6.29 Å². The minimum atomic E-state index is -0.357. The molecule has 0 aliphatic carbocycles. The first-order valence-corrected chi connectivity index (χ1v) is 5.38. The summed E-state index contributed by atoms with van der Waals surface area (Å²) in [6.45, 7) is -0.0823. The summed E-state index contributed by atoms with van der Waals surface area (Å²) in [7, 11) is 1.50. The van der Waals surface area contributed by atoms with Crippen LogP contribution in [-0.4, -0.2) is 31.7 Å². The van der Waals surface area contributed by atoms with Crippen LogP contribution < -0.4 is 10.6 Å². The van der Waals surface area contributed by atoms with Crippen molar-refractivity contribution < 1.29 is 14.4 Å². The van der Waals surface area contributed by atoms with Crippen LogP contribution in [0.4, 0.5) is 0 Å². The van der Waals surface area contributed by atoms with Gasteiger partial charge in [-0.15, -0.1) is 0 Å². The number of hydrogen-bond donors (Lipinski definition) is 2. The number of rotatable bonds is 5. The highest BCUT2D eigenvalue weighted by molar-refractivity contribution is 5.99. The van der Waals surface area contributed by atoms with E-state index in [1.807, 2.05) is 0 Å². The first-order valence-electron chi connectivity index (χ1n) is 5.38. The number of hydrogen-bond acceptors (Lipinski definition) is 3. The summed E-state index contributed by atoms with van der Waals surface area (Å²) in [5.41, 5.74) is 1.04. The van der Waals surface area contributed by atoms with E-state index in [1.165, 1.54) is 13.1 Å². The smallest absolute Gasteiger partial charge is 0.252 e. The standard InChI is InChI=1S/C13H14N2O3/c1-14-12(17)9-15-13(18)11-7-3-2-5-10(11)6-4-8-16/h2-8H,9H2,1H3,(H,14,17)(H,15,18)/b6-4+. The molecule has 94 valence electrons. The molecule has 2 N–H and O–H groups in total. The highest BCUT2D eigenvalue weighted by Gasteiger charge is 2.09. The molecular formula is C13H14N2O3. The van der Waals surface area contributed by atoms with Crippen molar-refractivity contribution in [1.29, 1.82) is 0 Å². The van der Waals surface area contributed by atoms with Gasteiger partial charge < -0.3 is 10.6 Å². The number of aldehydes is 1. The van der Waals surface area contributed by atoms with Crippen LogP contribution in [0, 0.1) is 0 Å². The van der Waals surface area contributed by atoms with Crippen molar-refractivity contribution in [3.8, 4) is 0 Å². The minimum Gasteiger partial charge on any atom is -0.358 e. The van der Waals surface area contributed by atoms with Gasteiger partial charge in [-0.05, 0) is 17.7 Å². The largest absolute Gasteiger partial charge is 0.358 e. The molecule has 0 fully saturated rings. The first kappa shape index (κ1) is 13.6. The molecule has 0 unspecified atom stereocenters. The van der Waals surface area contributed by atoms with Crippen LogP contribution in [0.15, 0.2) is 30.3 Å². The Bertz CT molecular complexity index is 481. The number of benzene rings is 1. The van der Waals surface area contributed by atoms with Gasteiger partial charge in [0.2, 0.25) is 5.91 Å². The highest BCUT2D eigenvalue weighted by atomic mass is 16.2. The maximum atomic E-state index is 11.8. The second-order valence-electron chi connectivity index (χ2n) is 3.44. The topological polar surface area (TPSA) is 75.3 Å². The molecule has 1 rings (SSSR count). The van der Waals surface area contributed by atoms with E-state index in [9.17, 15) is 14.4 Å². The predicted octanol–water partition coefficient (Wildman–Crippen LogP) is 0.374. The average Bonchev–Trinajstić information content (AvgIpc) is 2.42. The Morgan fingerprint density at radius 2 is 2.00 bits per heavy atom. The van der Waals surface area contributed by atoms with Gasteiger partial charge in [-0.2, -0.15) is 0 Å². The SMILES string of the molecule is CNC(=O)CNC(=O)c1ccccc1/C=C/C=O. The molecule has 0 radical (unpaired) electrons. The first-order chi connectivity index (χ1) is 8.69. The van der Waals surface area contributed by atoms with Crippen molar-refractivity contribution >= 4 is 24.2 Å². The lowest BCUT2D eigenvalue weighted by Crippen LogP contribution is -2.35. The number of carbonyl (C=O) groups excluding carboxylic acids is 3. The van der Waals surface area contributed by atoms with E-state index in [2.05, 4.69) is 10.6 Å². The van der Waals surface area contributed by atoms with Crippen molar-refractivity contribution in [3.63, 3.8) is 0 Å². The normalized spacial score (nSPS) is 10.1. The zero-order chi connectivity index (χ0) is 13.4. The molecule has 0 atom stereocenters. The molecule has 18 heavy (non-hydrogen) atoms. The van der Waals surface area contributed by atoms with Gasteiger partial charge in [-0.3, -0.25) is 14.4 Å². The van der Waals surface area contributed by atoms with Crippen molar-refractivity contribution in [2.24, 2.45) is 0 Å². The second kappa shape index (κ2) is 7.01. The lowest BCUT2D eigenvalue weighted by molar-refractivity contribution is -0.119. The Morgan fingerprint density at radius 1 is 1.28 bits per heavy atom. The maximum Gasteiger partial charge on any atom is 0.252 e. The van der Waals surface area contributed by atoms with Crippen molar-refractivity contribution in [1.82, 2.24) is 10.6 Å². The third-order valence-corrected chi connectivity index (χ3v) is 2.25. The van der Waals surface area contributed by atoms with Gasteiger partial charge in [0.25, 0.3) is 5.91 Å². The molecule has 0 aromatic heterocycles. The summed E-state index contributed by atoms with van der Waals surface area (Å²) in [6.07, 6.45) is 3.49. The Morgan fingerprint density at radius 3 is 2.67 bits per heavy atom. The fraction of sp³-hybridized carbons (Fsp3) is 0.154. The molecular weight excluding hydrogens is 232 g/mol. The van der Waals surface area contributed by atoms with Gasteiger partial charge in [0, 0.05) is 12.6 Å². The Balaban J connectivity index is 2.81. The molecule has 5 heteroatoms. The van der Waals surface area contributed by atoms with Crippen molar-refractivity contribution in [2.45, 2.75) is 0 Å². The summed E-state index contributed by atoms with van der Waals surface area (Å²) in [5.74, 6) is -0.631. The van der Waals surface area contributed by atoms with E-state index in [1.54, 1.807) is 30.3 Å². The van der Waals surface area contributed by atoms with E-state index in [0.29, 0.717) is 17.4 Å². The molecule has 0 aliphatic heterocycles. The summed E-state index contributed by atoms with van der Waals surface area (Å²) in [6, 6.07) is 6.82. The molecule has 5 nitrogen and oxygen atoms in total. The predicted molar refractivity (Wildman–Crippen MR) is 67.9 cm³/mol. The Kier molecular flexibility index (Phi) is 5.31. The van der Waals surface area contributed by atoms with E-state index in [4.69, 9.17) is 0 Å². The van der Waals surface area contributed by atoms with Crippen LogP contribution in [0.25, 0.3) is 6.08 Å². The zero-order valence-corrected chi connectivity index (χ0v) is 9.97. The van der Waals surface area contributed by atoms with Crippen LogP contribution in [0.1, 0.15) is 15.9 Å². The van der Waals surface area contributed by atoms with Gasteiger partial charge in [-0.25, -0.2) is 0 Å². The van der Waals surface area contributed by atoms with Crippen molar-refractivity contribution in [2.75, 3.05) is 13.6 Å². The van der Waals surface area contributed by atoms with E-state index in [-0.39, 0.29) is 18.4 Å². The number of nitrogens with one attached hydrogen (secondary N) is 2. The lowest BCUT2D eigenvalue weighted by atomic mass is 10.1. The minimum absolute atomic E-state index is 0.0823. The molecule has 1 aromatic carbocycles. The average molecular weight is 246 g/mol. The number of likely N-dealkylation sites (N-methyl/N-ethyl adjacent to an activating group) is 1. The molecule has 1 aromatic rings. The van der Waals surface area contributed by atoms with Gasteiger partial charge >= 0.3 is 0 Å². The van der Waals surface area contributed by atoms with Crippen molar-refractivity contribution in [3.05, 3.63) is 41.5 Å². The molecule has 0 bridgehead atoms. The summed E-state index contributed by atoms with van der Waals surface area (Å²) in [5, 5.41) is 4.90. The summed E-state index contributed by atoms with van der Waals surface area (Å²) in [4.78, 5) is 33.1. The van der Waals surface area contributed by atoms with Gasteiger partial charge in [-0.1, -0.05) is 24.3 Å². The van der Waals surface area contributed by atoms with Crippen LogP contribution in [0.2, 0.25) is 0 Å². The maximum absolute atomic E-state index is 11.8. The van der Waals surface area contributed by atoms with E-state index in [0.717, 1.165) is 0 Å². The number of carbonyl (C=O) groups is 3. The lowest BCUT2D eigenvalue weighted by Gasteiger charge is -2.06. The number of amides is 2. The Hall–Kier alpha value is -2.43. The van der Waals surface area contributed by atoms with Gasteiger partial charge in [0.05, 0.1) is 6.54 Å². The fourth-order valence-corrected chi connectivity index (χ4v) is 1.34. The molecule has 0 heterocycles.